The number of benzene rings is 2. The number of nitrogens with one attached hydrogen (secondary N) is 2. The molecule has 0 saturated heterocycles. The maximum atomic E-state index is 13.2. The maximum Gasteiger partial charge on any atom is 0.309 e. The number of rotatable bonds is 9. The van der Waals surface area contributed by atoms with Crippen molar-refractivity contribution in [2.24, 2.45) is 0 Å². The van der Waals surface area contributed by atoms with E-state index < -0.39 is 26.9 Å². The Bertz CT molecular complexity index is 1130. The molecule has 2 N–H and O–H groups in total. The first-order valence-electron chi connectivity index (χ1n) is 10.3. The van der Waals surface area contributed by atoms with Gasteiger partial charge in [-0.3, -0.25) is 9.59 Å². The van der Waals surface area contributed by atoms with Gasteiger partial charge in [-0.15, -0.1) is 11.3 Å². The lowest BCUT2D eigenvalue weighted by Crippen LogP contribution is -2.42. The molecule has 3 rings (SSSR count). The second-order valence-corrected chi connectivity index (χ2v) is 10.5. The van der Waals surface area contributed by atoms with Gasteiger partial charge in [-0.25, -0.2) is 8.42 Å². The standard InChI is InChI=1S/C24H26N2O4S2/c1-18-11-13-20(14-12-18)32(29,30)22(21-10-6-16-31-21)17-26-24(28)23(27)25-15-5-9-19-7-3-2-4-8-19/h2-4,6-8,10-14,16,22H,5,9,15,17H2,1H3,(H,25,27)(H,26,28). The summed E-state index contributed by atoms with van der Waals surface area (Å²) in [7, 11) is -3.75. The van der Waals surface area contributed by atoms with Crippen molar-refractivity contribution in [3.8, 4) is 0 Å². The minimum Gasteiger partial charge on any atom is -0.348 e. The van der Waals surface area contributed by atoms with Crippen molar-refractivity contribution in [2.45, 2.75) is 29.9 Å². The molecule has 8 heteroatoms. The third kappa shape index (κ3) is 6.27. The molecule has 6 nitrogen and oxygen atoms in total. The molecule has 0 aliphatic heterocycles. The van der Waals surface area contributed by atoms with Crippen LogP contribution >= 0.6 is 11.3 Å². The number of amides is 2. The topological polar surface area (TPSA) is 92.3 Å². The van der Waals surface area contributed by atoms with Crippen molar-refractivity contribution >= 4 is 33.0 Å². The Morgan fingerprint density at radius 1 is 0.906 bits per heavy atom. The molecule has 0 aliphatic carbocycles. The van der Waals surface area contributed by atoms with E-state index >= 15 is 0 Å². The molecule has 2 aromatic carbocycles. The number of carbonyl (C=O) groups is 2. The molecule has 0 bridgehead atoms. The molecule has 3 aromatic rings. The van der Waals surface area contributed by atoms with Gasteiger partial charge >= 0.3 is 11.8 Å². The molecule has 0 fully saturated rings. The van der Waals surface area contributed by atoms with E-state index in [4.69, 9.17) is 0 Å². The average molecular weight is 471 g/mol. The van der Waals surface area contributed by atoms with E-state index in [1.807, 2.05) is 37.3 Å². The molecule has 1 heterocycles. The Morgan fingerprint density at radius 3 is 2.25 bits per heavy atom. The van der Waals surface area contributed by atoms with Crippen molar-refractivity contribution in [2.75, 3.05) is 13.1 Å². The van der Waals surface area contributed by atoms with Crippen LogP contribution in [0.1, 0.15) is 27.7 Å². The second kappa shape index (κ2) is 11.1. The maximum absolute atomic E-state index is 13.2. The van der Waals surface area contributed by atoms with Gasteiger partial charge in [0.2, 0.25) is 0 Å². The van der Waals surface area contributed by atoms with E-state index in [1.165, 1.54) is 11.3 Å². The van der Waals surface area contributed by atoms with Crippen LogP contribution in [0, 0.1) is 6.92 Å². The molecular weight excluding hydrogens is 444 g/mol. The number of sulfone groups is 1. The van der Waals surface area contributed by atoms with Gasteiger partial charge in [0.15, 0.2) is 9.84 Å². The van der Waals surface area contributed by atoms with Crippen LogP contribution in [0.4, 0.5) is 0 Å². The van der Waals surface area contributed by atoms with Gasteiger partial charge in [-0.2, -0.15) is 0 Å². The molecule has 2 amide bonds. The van der Waals surface area contributed by atoms with Crippen molar-refractivity contribution in [1.82, 2.24) is 10.6 Å². The normalized spacial score (nSPS) is 12.2. The van der Waals surface area contributed by atoms with Crippen LogP contribution in [0.2, 0.25) is 0 Å². The highest BCUT2D eigenvalue weighted by atomic mass is 32.2. The predicted molar refractivity (Wildman–Crippen MR) is 126 cm³/mol. The van der Waals surface area contributed by atoms with E-state index in [0.29, 0.717) is 17.8 Å². The fraction of sp³-hybridized carbons (Fsp3) is 0.250. The lowest BCUT2D eigenvalue weighted by atomic mass is 10.1. The number of hydrogen-bond acceptors (Lipinski definition) is 5. The van der Waals surface area contributed by atoms with Gasteiger partial charge < -0.3 is 10.6 Å². The summed E-state index contributed by atoms with van der Waals surface area (Å²) in [4.78, 5) is 25.2. The first-order valence-corrected chi connectivity index (χ1v) is 12.7. The molecule has 168 valence electrons. The van der Waals surface area contributed by atoms with Gasteiger partial charge in [0, 0.05) is 18.0 Å². The molecular formula is C24H26N2O4S2. The Morgan fingerprint density at radius 2 is 1.59 bits per heavy atom. The van der Waals surface area contributed by atoms with Crippen LogP contribution < -0.4 is 10.6 Å². The van der Waals surface area contributed by atoms with Gasteiger partial charge in [0.1, 0.15) is 5.25 Å². The summed E-state index contributed by atoms with van der Waals surface area (Å²) in [6, 6.07) is 19.9. The zero-order valence-electron chi connectivity index (χ0n) is 17.8. The number of carbonyl (C=O) groups excluding carboxylic acids is 2. The van der Waals surface area contributed by atoms with Crippen LogP contribution in [-0.2, 0) is 25.8 Å². The average Bonchev–Trinajstić information content (AvgIpc) is 3.32. The number of thiophene rings is 1. The summed E-state index contributed by atoms with van der Waals surface area (Å²) in [5.41, 5.74) is 2.11. The Kier molecular flexibility index (Phi) is 8.19. The number of hydrogen-bond donors (Lipinski definition) is 2. The summed E-state index contributed by atoms with van der Waals surface area (Å²) >= 11 is 1.30. The van der Waals surface area contributed by atoms with E-state index in [1.54, 1.807) is 41.8 Å². The van der Waals surface area contributed by atoms with Crippen molar-refractivity contribution in [3.05, 3.63) is 88.1 Å². The fourth-order valence-corrected chi connectivity index (χ4v) is 6.00. The van der Waals surface area contributed by atoms with Crippen LogP contribution in [0.15, 0.2) is 77.0 Å². The molecule has 32 heavy (non-hydrogen) atoms. The lowest BCUT2D eigenvalue weighted by Gasteiger charge is -2.17. The third-order valence-corrected chi connectivity index (χ3v) is 8.24. The largest absolute Gasteiger partial charge is 0.348 e. The first kappa shape index (κ1) is 23.7. The van der Waals surface area contributed by atoms with Crippen molar-refractivity contribution in [1.29, 1.82) is 0 Å². The van der Waals surface area contributed by atoms with E-state index in [0.717, 1.165) is 17.5 Å². The number of aryl methyl sites for hydroxylation is 2. The highest BCUT2D eigenvalue weighted by Crippen LogP contribution is 2.31. The second-order valence-electron chi connectivity index (χ2n) is 7.42. The summed E-state index contributed by atoms with van der Waals surface area (Å²) in [6.45, 7) is 2.05. The minimum absolute atomic E-state index is 0.182. The van der Waals surface area contributed by atoms with E-state index in [9.17, 15) is 18.0 Å². The minimum atomic E-state index is -3.75. The highest BCUT2D eigenvalue weighted by Gasteiger charge is 2.31. The molecule has 0 spiro atoms. The quantitative estimate of drug-likeness (QED) is 0.370. The summed E-state index contributed by atoms with van der Waals surface area (Å²) in [5.74, 6) is -1.61. The van der Waals surface area contributed by atoms with Crippen LogP contribution in [0.25, 0.3) is 0 Å². The van der Waals surface area contributed by atoms with Gasteiger partial charge in [-0.05, 0) is 48.9 Å². The van der Waals surface area contributed by atoms with E-state index in [-0.39, 0.29) is 11.4 Å². The summed E-state index contributed by atoms with van der Waals surface area (Å²) < 4.78 is 26.4. The smallest absolute Gasteiger partial charge is 0.309 e. The molecule has 0 aliphatic rings. The molecule has 0 radical (unpaired) electrons. The van der Waals surface area contributed by atoms with Crippen molar-refractivity contribution < 1.29 is 18.0 Å². The van der Waals surface area contributed by atoms with Crippen molar-refractivity contribution in [3.63, 3.8) is 0 Å². The molecule has 1 unspecified atom stereocenters. The van der Waals surface area contributed by atoms with Crippen LogP contribution in [0.3, 0.4) is 0 Å². The Labute approximate surface area is 192 Å². The molecule has 1 atom stereocenters. The Balaban J connectivity index is 1.58. The van der Waals surface area contributed by atoms with Gasteiger partial charge in [0.25, 0.3) is 0 Å². The van der Waals surface area contributed by atoms with Crippen LogP contribution in [-0.4, -0.2) is 33.3 Å². The van der Waals surface area contributed by atoms with Crippen LogP contribution in [0.5, 0.6) is 0 Å². The summed E-state index contributed by atoms with van der Waals surface area (Å²) in [5, 5.41) is 5.90. The predicted octanol–water partition coefficient (Wildman–Crippen LogP) is 3.44. The molecule has 0 saturated carbocycles. The monoisotopic (exact) mass is 470 g/mol. The van der Waals surface area contributed by atoms with Gasteiger partial charge in [0.05, 0.1) is 4.90 Å². The zero-order chi connectivity index (χ0) is 23.0. The first-order chi connectivity index (χ1) is 15.4. The van der Waals surface area contributed by atoms with Gasteiger partial charge in [-0.1, -0.05) is 54.1 Å². The van der Waals surface area contributed by atoms with E-state index in [2.05, 4.69) is 10.6 Å². The molecule has 1 aromatic heterocycles. The summed E-state index contributed by atoms with van der Waals surface area (Å²) in [6.07, 6.45) is 1.49. The lowest BCUT2D eigenvalue weighted by molar-refractivity contribution is -0.139. The Hall–Kier alpha value is -2.97. The SMILES string of the molecule is Cc1ccc(S(=O)(=O)C(CNC(=O)C(=O)NCCCc2ccccc2)c2cccs2)cc1. The fourth-order valence-electron chi connectivity index (χ4n) is 3.21. The highest BCUT2D eigenvalue weighted by molar-refractivity contribution is 7.91. The zero-order valence-corrected chi connectivity index (χ0v) is 19.4. The third-order valence-electron chi connectivity index (χ3n) is 5.01.